The molecular formula is C16H25NO3. The molecule has 1 fully saturated rings. The summed E-state index contributed by atoms with van der Waals surface area (Å²) in [4.78, 5) is 11.5. The van der Waals surface area contributed by atoms with Crippen molar-refractivity contribution in [1.29, 1.82) is 0 Å². The van der Waals surface area contributed by atoms with Crippen LogP contribution in [0.25, 0.3) is 0 Å². The van der Waals surface area contributed by atoms with E-state index in [0.29, 0.717) is 0 Å². The quantitative estimate of drug-likeness (QED) is 0.773. The summed E-state index contributed by atoms with van der Waals surface area (Å²) in [6, 6.07) is 3.81. The molecule has 2 rings (SSSR count). The van der Waals surface area contributed by atoms with Crippen molar-refractivity contribution in [2.45, 2.75) is 51.5 Å². The van der Waals surface area contributed by atoms with E-state index in [1.807, 2.05) is 6.07 Å². The van der Waals surface area contributed by atoms with Gasteiger partial charge in [0.2, 0.25) is 5.76 Å². The molecule has 0 aromatic carbocycles. The predicted octanol–water partition coefficient (Wildman–Crippen LogP) is 3.69. The van der Waals surface area contributed by atoms with Crippen molar-refractivity contribution in [1.82, 2.24) is 5.32 Å². The van der Waals surface area contributed by atoms with Gasteiger partial charge in [0.15, 0.2) is 0 Å². The van der Waals surface area contributed by atoms with E-state index in [1.165, 1.54) is 32.8 Å². The SMILES string of the molecule is CCCNC(CC1CCCC1)c1ccc(C(=O)OC)o1. The van der Waals surface area contributed by atoms with Gasteiger partial charge in [0.1, 0.15) is 5.76 Å². The minimum atomic E-state index is -0.411. The van der Waals surface area contributed by atoms with Crippen LogP contribution in [0.5, 0.6) is 0 Å². The molecule has 0 bridgehead atoms. The van der Waals surface area contributed by atoms with E-state index >= 15 is 0 Å². The Hall–Kier alpha value is -1.29. The van der Waals surface area contributed by atoms with Crippen molar-refractivity contribution in [2.75, 3.05) is 13.7 Å². The monoisotopic (exact) mass is 279 g/mol. The van der Waals surface area contributed by atoms with E-state index in [2.05, 4.69) is 12.2 Å². The lowest BCUT2D eigenvalue weighted by molar-refractivity contribution is 0.0561. The highest BCUT2D eigenvalue weighted by Gasteiger charge is 2.24. The summed E-state index contributed by atoms with van der Waals surface area (Å²) in [7, 11) is 1.37. The lowest BCUT2D eigenvalue weighted by atomic mass is 9.97. The Balaban J connectivity index is 2.04. The van der Waals surface area contributed by atoms with Crippen molar-refractivity contribution in [3.8, 4) is 0 Å². The minimum Gasteiger partial charge on any atom is -0.463 e. The Kier molecular flexibility index (Phi) is 5.65. The third-order valence-corrected chi connectivity index (χ3v) is 4.04. The normalized spacial score (nSPS) is 17.3. The molecule has 0 radical (unpaired) electrons. The molecule has 1 heterocycles. The zero-order valence-electron chi connectivity index (χ0n) is 12.5. The molecule has 0 spiro atoms. The topological polar surface area (TPSA) is 51.5 Å². The highest BCUT2D eigenvalue weighted by molar-refractivity contribution is 5.86. The van der Waals surface area contributed by atoms with E-state index in [9.17, 15) is 4.79 Å². The van der Waals surface area contributed by atoms with E-state index in [1.54, 1.807) is 6.07 Å². The average Bonchev–Trinajstić information content (AvgIpc) is 3.13. The van der Waals surface area contributed by atoms with Crippen LogP contribution in [0.15, 0.2) is 16.5 Å². The number of hydrogen-bond donors (Lipinski definition) is 1. The number of methoxy groups -OCH3 is 1. The summed E-state index contributed by atoms with van der Waals surface area (Å²) >= 11 is 0. The summed E-state index contributed by atoms with van der Waals surface area (Å²) in [5.41, 5.74) is 0. The van der Waals surface area contributed by atoms with Gasteiger partial charge in [0.25, 0.3) is 0 Å². The highest BCUT2D eigenvalue weighted by Crippen LogP contribution is 2.33. The maximum atomic E-state index is 11.5. The molecule has 20 heavy (non-hydrogen) atoms. The molecular weight excluding hydrogens is 254 g/mol. The van der Waals surface area contributed by atoms with Crippen LogP contribution in [-0.2, 0) is 4.74 Å². The second-order valence-electron chi connectivity index (χ2n) is 5.59. The second kappa shape index (κ2) is 7.48. The van der Waals surface area contributed by atoms with Crippen LogP contribution in [0.1, 0.15) is 67.8 Å². The van der Waals surface area contributed by atoms with E-state index in [0.717, 1.165) is 31.1 Å². The first-order chi connectivity index (χ1) is 9.74. The molecule has 1 unspecified atom stereocenters. The van der Waals surface area contributed by atoms with Crippen LogP contribution in [0, 0.1) is 5.92 Å². The van der Waals surface area contributed by atoms with E-state index in [4.69, 9.17) is 9.15 Å². The van der Waals surface area contributed by atoms with Crippen molar-refractivity contribution < 1.29 is 13.9 Å². The molecule has 1 aliphatic rings. The van der Waals surface area contributed by atoms with Gasteiger partial charge >= 0.3 is 5.97 Å². The smallest absolute Gasteiger partial charge is 0.373 e. The van der Waals surface area contributed by atoms with Crippen molar-refractivity contribution in [3.05, 3.63) is 23.7 Å². The standard InChI is InChI=1S/C16H25NO3/c1-3-10-17-13(11-12-6-4-5-7-12)14-8-9-15(20-14)16(18)19-2/h8-9,12-13,17H,3-7,10-11H2,1-2H3. The molecule has 1 atom stereocenters. The van der Waals surface area contributed by atoms with Gasteiger partial charge in [0.05, 0.1) is 13.2 Å². The third kappa shape index (κ3) is 3.85. The predicted molar refractivity (Wildman–Crippen MR) is 77.7 cm³/mol. The summed E-state index contributed by atoms with van der Waals surface area (Å²) in [5, 5.41) is 3.54. The van der Waals surface area contributed by atoms with Crippen LogP contribution in [0.2, 0.25) is 0 Å². The third-order valence-electron chi connectivity index (χ3n) is 4.04. The van der Waals surface area contributed by atoms with Crippen LogP contribution in [0.3, 0.4) is 0 Å². The number of carbonyl (C=O) groups excluding carboxylic acids is 1. The van der Waals surface area contributed by atoms with Gasteiger partial charge < -0.3 is 14.5 Å². The van der Waals surface area contributed by atoms with Crippen molar-refractivity contribution >= 4 is 5.97 Å². The summed E-state index contributed by atoms with van der Waals surface area (Å²) < 4.78 is 10.4. The number of furan rings is 1. The highest BCUT2D eigenvalue weighted by atomic mass is 16.5. The first-order valence-corrected chi connectivity index (χ1v) is 7.66. The molecule has 1 aromatic rings. The zero-order valence-corrected chi connectivity index (χ0v) is 12.5. The molecule has 112 valence electrons. The lowest BCUT2D eigenvalue weighted by Crippen LogP contribution is -2.23. The number of ether oxygens (including phenoxy) is 1. The Labute approximate surface area is 120 Å². The van der Waals surface area contributed by atoms with Gasteiger partial charge in [0, 0.05) is 0 Å². The molecule has 4 nitrogen and oxygen atoms in total. The molecule has 0 amide bonds. The molecule has 1 N–H and O–H groups in total. The molecule has 1 aromatic heterocycles. The van der Waals surface area contributed by atoms with Gasteiger partial charge in [-0.1, -0.05) is 32.6 Å². The molecule has 0 aliphatic heterocycles. The van der Waals surface area contributed by atoms with Crippen LogP contribution < -0.4 is 5.32 Å². The van der Waals surface area contributed by atoms with Gasteiger partial charge in [-0.05, 0) is 37.4 Å². The first-order valence-electron chi connectivity index (χ1n) is 7.66. The van der Waals surface area contributed by atoms with Gasteiger partial charge in [-0.25, -0.2) is 4.79 Å². The number of hydrogen-bond acceptors (Lipinski definition) is 4. The second-order valence-corrected chi connectivity index (χ2v) is 5.59. The lowest BCUT2D eigenvalue weighted by Gasteiger charge is -2.20. The average molecular weight is 279 g/mol. The molecule has 4 heteroatoms. The minimum absolute atomic E-state index is 0.205. The maximum absolute atomic E-state index is 11.5. The molecule has 1 saturated carbocycles. The molecule has 0 saturated heterocycles. The first kappa shape index (κ1) is 15.1. The van der Waals surface area contributed by atoms with Gasteiger partial charge in [-0.2, -0.15) is 0 Å². The Morgan fingerprint density at radius 1 is 1.45 bits per heavy atom. The fraction of sp³-hybridized carbons (Fsp3) is 0.688. The number of nitrogens with one attached hydrogen (secondary N) is 1. The van der Waals surface area contributed by atoms with Crippen LogP contribution in [0.4, 0.5) is 0 Å². The molecule has 1 aliphatic carbocycles. The Bertz CT molecular complexity index is 421. The van der Waals surface area contributed by atoms with E-state index < -0.39 is 5.97 Å². The maximum Gasteiger partial charge on any atom is 0.373 e. The number of rotatable bonds is 7. The largest absolute Gasteiger partial charge is 0.463 e. The number of carbonyl (C=O) groups is 1. The Morgan fingerprint density at radius 3 is 2.85 bits per heavy atom. The number of esters is 1. The van der Waals surface area contributed by atoms with E-state index in [-0.39, 0.29) is 11.8 Å². The fourth-order valence-electron chi connectivity index (χ4n) is 2.95. The fourth-order valence-corrected chi connectivity index (χ4v) is 2.95. The summed E-state index contributed by atoms with van der Waals surface area (Å²) in [6.45, 7) is 3.12. The summed E-state index contributed by atoms with van der Waals surface area (Å²) in [5.74, 6) is 1.50. The zero-order chi connectivity index (χ0) is 14.4. The Morgan fingerprint density at radius 2 is 2.20 bits per heavy atom. The van der Waals surface area contributed by atoms with Gasteiger partial charge in [-0.15, -0.1) is 0 Å². The van der Waals surface area contributed by atoms with Crippen molar-refractivity contribution in [3.63, 3.8) is 0 Å². The van der Waals surface area contributed by atoms with Crippen LogP contribution >= 0.6 is 0 Å². The van der Waals surface area contributed by atoms with Gasteiger partial charge in [-0.3, -0.25) is 0 Å². The summed E-state index contributed by atoms with van der Waals surface area (Å²) in [6.07, 6.45) is 7.50. The van der Waals surface area contributed by atoms with Crippen LogP contribution in [-0.4, -0.2) is 19.6 Å². The van der Waals surface area contributed by atoms with Crippen molar-refractivity contribution in [2.24, 2.45) is 5.92 Å².